The number of carbonyl (C=O) groups is 1. The summed E-state index contributed by atoms with van der Waals surface area (Å²) in [6, 6.07) is 6.07. The summed E-state index contributed by atoms with van der Waals surface area (Å²) >= 11 is 0. The number of carboxylic acids is 1. The predicted octanol–water partition coefficient (Wildman–Crippen LogP) is 2.34. The summed E-state index contributed by atoms with van der Waals surface area (Å²) in [5.74, 6) is -0.956. The first kappa shape index (κ1) is 11.9. The number of imidazole rings is 1. The number of aliphatic carboxylic acids is 1. The standard InChI is InChI=1S/C14H13FN2O2/c1-17-11-7-6-10(14(18)19)12(11)16-13(17)8-2-4-9(15)5-3-8/h2-5,10H,6-7H2,1H3,(H,18,19). The van der Waals surface area contributed by atoms with E-state index >= 15 is 0 Å². The zero-order chi connectivity index (χ0) is 13.6. The van der Waals surface area contributed by atoms with Crippen molar-refractivity contribution in [3.8, 4) is 11.4 Å². The van der Waals surface area contributed by atoms with Gasteiger partial charge in [-0.3, -0.25) is 4.79 Å². The maximum atomic E-state index is 12.9. The second kappa shape index (κ2) is 4.19. The van der Waals surface area contributed by atoms with Gasteiger partial charge in [-0.05, 0) is 37.1 Å². The first-order valence-corrected chi connectivity index (χ1v) is 6.12. The Morgan fingerprint density at radius 2 is 2.11 bits per heavy atom. The highest BCUT2D eigenvalue weighted by molar-refractivity contribution is 5.77. The van der Waals surface area contributed by atoms with Gasteiger partial charge in [0.2, 0.25) is 0 Å². The number of hydrogen-bond acceptors (Lipinski definition) is 2. The highest BCUT2D eigenvalue weighted by Gasteiger charge is 2.33. The predicted molar refractivity (Wildman–Crippen MR) is 67.3 cm³/mol. The molecule has 1 aliphatic rings. The van der Waals surface area contributed by atoms with Crippen molar-refractivity contribution in [2.75, 3.05) is 0 Å². The summed E-state index contributed by atoms with van der Waals surface area (Å²) in [6.45, 7) is 0. The van der Waals surface area contributed by atoms with Crippen molar-refractivity contribution < 1.29 is 14.3 Å². The van der Waals surface area contributed by atoms with E-state index in [0.29, 0.717) is 17.9 Å². The van der Waals surface area contributed by atoms with Crippen LogP contribution in [0.5, 0.6) is 0 Å². The van der Waals surface area contributed by atoms with Crippen molar-refractivity contribution in [1.29, 1.82) is 0 Å². The summed E-state index contributed by atoms with van der Waals surface area (Å²) in [4.78, 5) is 15.6. The second-order valence-corrected chi connectivity index (χ2v) is 4.76. The number of hydrogen-bond donors (Lipinski definition) is 1. The van der Waals surface area contributed by atoms with Crippen molar-refractivity contribution in [2.45, 2.75) is 18.8 Å². The second-order valence-electron chi connectivity index (χ2n) is 4.76. The van der Waals surface area contributed by atoms with Crippen molar-refractivity contribution in [3.63, 3.8) is 0 Å². The van der Waals surface area contributed by atoms with Gasteiger partial charge < -0.3 is 9.67 Å². The molecule has 5 heteroatoms. The Labute approximate surface area is 109 Å². The van der Waals surface area contributed by atoms with Crippen LogP contribution in [0.15, 0.2) is 24.3 Å². The first-order valence-electron chi connectivity index (χ1n) is 6.12. The molecule has 0 radical (unpaired) electrons. The molecule has 98 valence electrons. The molecule has 2 aromatic rings. The molecule has 4 nitrogen and oxygen atoms in total. The van der Waals surface area contributed by atoms with Gasteiger partial charge in [-0.2, -0.15) is 0 Å². The largest absolute Gasteiger partial charge is 0.481 e. The summed E-state index contributed by atoms with van der Waals surface area (Å²) in [5.41, 5.74) is 2.41. The average Bonchev–Trinajstić information content (AvgIpc) is 2.91. The topological polar surface area (TPSA) is 55.1 Å². The van der Waals surface area contributed by atoms with Gasteiger partial charge in [0.1, 0.15) is 17.6 Å². The Morgan fingerprint density at radius 1 is 1.42 bits per heavy atom. The molecule has 0 saturated carbocycles. The highest BCUT2D eigenvalue weighted by Crippen LogP contribution is 2.35. The van der Waals surface area contributed by atoms with Crippen molar-refractivity contribution in [1.82, 2.24) is 9.55 Å². The summed E-state index contributed by atoms with van der Waals surface area (Å²) in [6.07, 6.45) is 1.32. The molecule has 1 heterocycles. The molecule has 1 unspecified atom stereocenters. The maximum absolute atomic E-state index is 12.9. The molecule has 0 bridgehead atoms. The van der Waals surface area contributed by atoms with Crippen molar-refractivity contribution >= 4 is 5.97 Å². The lowest BCUT2D eigenvalue weighted by atomic mass is 10.1. The van der Waals surface area contributed by atoms with Crippen LogP contribution in [0.25, 0.3) is 11.4 Å². The van der Waals surface area contributed by atoms with Crippen molar-refractivity contribution in [3.05, 3.63) is 41.5 Å². The normalized spacial score (nSPS) is 17.5. The molecule has 0 amide bonds. The molecule has 3 rings (SSSR count). The fraction of sp³-hybridized carbons (Fsp3) is 0.286. The van der Waals surface area contributed by atoms with Crippen LogP contribution in [-0.4, -0.2) is 20.6 Å². The Hall–Kier alpha value is -2.17. The van der Waals surface area contributed by atoms with Gasteiger partial charge in [0.15, 0.2) is 0 Å². The Morgan fingerprint density at radius 3 is 2.74 bits per heavy atom. The van der Waals surface area contributed by atoms with Gasteiger partial charge in [0.05, 0.1) is 5.69 Å². The van der Waals surface area contributed by atoms with Gasteiger partial charge in [0, 0.05) is 18.3 Å². The number of halogens is 1. The van der Waals surface area contributed by atoms with E-state index in [2.05, 4.69) is 4.98 Å². The van der Waals surface area contributed by atoms with E-state index in [1.807, 2.05) is 11.6 Å². The van der Waals surface area contributed by atoms with Gasteiger partial charge in [-0.25, -0.2) is 9.37 Å². The minimum atomic E-state index is -0.831. The smallest absolute Gasteiger partial charge is 0.312 e. The van der Waals surface area contributed by atoms with Crippen LogP contribution in [0.1, 0.15) is 23.7 Å². The molecule has 0 fully saturated rings. The molecule has 0 aliphatic heterocycles. The SMILES string of the molecule is Cn1c(-c2ccc(F)cc2)nc2c1CCC2C(=O)O. The molecular weight excluding hydrogens is 247 g/mol. The van der Waals surface area contributed by atoms with E-state index in [-0.39, 0.29) is 5.82 Å². The van der Waals surface area contributed by atoms with Crippen LogP contribution >= 0.6 is 0 Å². The Bertz CT molecular complexity index is 646. The van der Waals surface area contributed by atoms with Crippen LogP contribution in [0.4, 0.5) is 4.39 Å². The molecule has 1 atom stereocenters. The Kier molecular flexibility index (Phi) is 2.62. The lowest BCUT2D eigenvalue weighted by molar-refractivity contribution is -0.138. The average molecular weight is 260 g/mol. The molecule has 19 heavy (non-hydrogen) atoms. The van der Waals surface area contributed by atoms with E-state index < -0.39 is 11.9 Å². The minimum Gasteiger partial charge on any atom is -0.481 e. The van der Waals surface area contributed by atoms with Crippen LogP contribution < -0.4 is 0 Å². The molecule has 1 aromatic heterocycles. The van der Waals surface area contributed by atoms with Gasteiger partial charge in [0.25, 0.3) is 0 Å². The molecule has 1 N–H and O–H groups in total. The fourth-order valence-corrected chi connectivity index (χ4v) is 2.64. The lowest BCUT2D eigenvalue weighted by Crippen LogP contribution is -2.08. The first-order chi connectivity index (χ1) is 9.08. The number of benzene rings is 1. The molecular formula is C14H13FN2O2. The molecule has 1 aliphatic carbocycles. The van der Waals surface area contributed by atoms with E-state index in [9.17, 15) is 9.18 Å². The molecule has 1 aromatic carbocycles. The van der Waals surface area contributed by atoms with Crippen LogP contribution in [-0.2, 0) is 18.3 Å². The number of carboxylic acid groups (broad SMARTS) is 1. The van der Waals surface area contributed by atoms with Crippen LogP contribution in [0, 0.1) is 5.82 Å². The quantitative estimate of drug-likeness (QED) is 0.901. The third kappa shape index (κ3) is 1.82. The van der Waals surface area contributed by atoms with Crippen molar-refractivity contribution in [2.24, 2.45) is 7.05 Å². The van der Waals surface area contributed by atoms with E-state index in [1.165, 1.54) is 12.1 Å². The van der Waals surface area contributed by atoms with Gasteiger partial charge in [-0.15, -0.1) is 0 Å². The number of rotatable bonds is 2. The summed E-state index contributed by atoms with van der Waals surface area (Å²) < 4.78 is 14.8. The summed E-state index contributed by atoms with van der Waals surface area (Å²) in [5, 5.41) is 9.17. The monoisotopic (exact) mass is 260 g/mol. The number of aromatic nitrogens is 2. The summed E-state index contributed by atoms with van der Waals surface area (Å²) in [7, 11) is 1.87. The fourth-order valence-electron chi connectivity index (χ4n) is 2.64. The zero-order valence-corrected chi connectivity index (χ0v) is 10.4. The van der Waals surface area contributed by atoms with E-state index in [0.717, 1.165) is 17.7 Å². The minimum absolute atomic E-state index is 0.297. The third-order valence-electron chi connectivity index (χ3n) is 3.65. The van der Waals surface area contributed by atoms with Gasteiger partial charge >= 0.3 is 5.97 Å². The van der Waals surface area contributed by atoms with Crippen LogP contribution in [0.3, 0.4) is 0 Å². The van der Waals surface area contributed by atoms with E-state index in [4.69, 9.17) is 5.11 Å². The van der Waals surface area contributed by atoms with E-state index in [1.54, 1.807) is 12.1 Å². The van der Waals surface area contributed by atoms with Gasteiger partial charge in [-0.1, -0.05) is 0 Å². The molecule has 0 saturated heterocycles. The van der Waals surface area contributed by atoms with Crippen LogP contribution in [0.2, 0.25) is 0 Å². The number of fused-ring (bicyclic) bond motifs is 1. The highest BCUT2D eigenvalue weighted by atomic mass is 19.1. The third-order valence-corrected chi connectivity index (χ3v) is 3.65. The molecule has 0 spiro atoms. The maximum Gasteiger partial charge on any atom is 0.312 e. The number of nitrogens with zero attached hydrogens (tertiary/aromatic N) is 2. The Balaban J connectivity index is 2.08. The zero-order valence-electron chi connectivity index (χ0n) is 10.4. The lowest BCUT2D eigenvalue weighted by Gasteiger charge is -2.05.